The van der Waals surface area contributed by atoms with Crippen molar-refractivity contribution in [2.75, 3.05) is 20.2 Å². The summed E-state index contributed by atoms with van der Waals surface area (Å²) < 4.78 is 74.1. The molecule has 0 aromatic heterocycles. The number of methoxy groups -OCH3 is 1. The molecule has 0 saturated carbocycles. The van der Waals surface area contributed by atoms with Gasteiger partial charge in [-0.2, -0.15) is 4.31 Å². The summed E-state index contributed by atoms with van der Waals surface area (Å²) in [5.41, 5.74) is 0.969. The van der Waals surface area contributed by atoms with Gasteiger partial charge in [-0.15, -0.1) is 0 Å². The van der Waals surface area contributed by atoms with Gasteiger partial charge in [-0.25, -0.2) is 25.9 Å². The van der Waals surface area contributed by atoms with Gasteiger partial charge in [0.15, 0.2) is 0 Å². The van der Waals surface area contributed by atoms with Crippen molar-refractivity contribution in [3.05, 3.63) is 53.8 Å². The molecule has 1 heterocycles. The van der Waals surface area contributed by atoms with E-state index in [1.165, 1.54) is 17.5 Å². The second kappa shape index (κ2) is 9.64. The fourth-order valence-corrected chi connectivity index (χ4v) is 6.67. The van der Waals surface area contributed by atoms with Gasteiger partial charge in [0.25, 0.3) is 0 Å². The van der Waals surface area contributed by atoms with Crippen LogP contribution in [0.15, 0.2) is 52.3 Å². The molecule has 3 rings (SSSR count). The Labute approximate surface area is 183 Å². The Bertz CT molecular complexity index is 1120. The third kappa shape index (κ3) is 5.43. The maximum absolute atomic E-state index is 13.6. The van der Waals surface area contributed by atoms with E-state index < -0.39 is 25.9 Å². The summed E-state index contributed by atoms with van der Waals surface area (Å²) in [6.07, 6.45) is 2.58. The number of aryl methyl sites for hydroxylation is 1. The number of hydrogen-bond donors (Lipinski definition) is 1. The number of nitrogens with one attached hydrogen (secondary N) is 1. The van der Waals surface area contributed by atoms with Crippen LogP contribution < -0.4 is 9.46 Å². The van der Waals surface area contributed by atoms with Crippen molar-refractivity contribution in [3.63, 3.8) is 0 Å². The molecule has 2 aromatic carbocycles. The predicted molar refractivity (Wildman–Crippen MR) is 115 cm³/mol. The number of benzene rings is 2. The molecule has 0 bridgehead atoms. The summed E-state index contributed by atoms with van der Waals surface area (Å²) in [6, 6.07) is 9.64. The summed E-state index contributed by atoms with van der Waals surface area (Å²) in [5, 5.41) is 0. The maximum Gasteiger partial charge on any atom is 0.244 e. The molecular weight excluding hydrogens is 443 g/mol. The van der Waals surface area contributed by atoms with Crippen LogP contribution in [-0.2, 0) is 20.0 Å². The highest BCUT2D eigenvalue weighted by Gasteiger charge is 2.33. The van der Waals surface area contributed by atoms with E-state index in [9.17, 15) is 21.2 Å². The van der Waals surface area contributed by atoms with Crippen LogP contribution in [0.5, 0.6) is 5.75 Å². The molecule has 7 nitrogen and oxygen atoms in total. The van der Waals surface area contributed by atoms with Gasteiger partial charge in [0.1, 0.15) is 16.5 Å². The molecule has 1 aliphatic rings. The van der Waals surface area contributed by atoms with Gasteiger partial charge in [0.05, 0.1) is 12.0 Å². The molecule has 0 aliphatic carbocycles. The Morgan fingerprint density at radius 1 is 1.10 bits per heavy atom. The van der Waals surface area contributed by atoms with E-state index in [2.05, 4.69) is 4.72 Å². The first-order valence-corrected chi connectivity index (χ1v) is 13.0. The predicted octanol–water partition coefficient (Wildman–Crippen LogP) is 3.05. The molecule has 1 unspecified atom stereocenters. The zero-order chi connectivity index (χ0) is 22.6. The van der Waals surface area contributed by atoms with Crippen molar-refractivity contribution >= 4 is 20.0 Å². The monoisotopic (exact) mass is 470 g/mol. The van der Waals surface area contributed by atoms with Crippen molar-refractivity contribution in [1.82, 2.24) is 9.03 Å². The van der Waals surface area contributed by atoms with E-state index in [0.29, 0.717) is 19.4 Å². The average molecular weight is 471 g/mol. The lowest BCUT2D eigenvalue weighted by molar-refractivity contribution is 0.242. The molecule has 1 N–H and O–H groups in total. The Kier molecular flexibility index (Phi) is 7.35. The molecule has 0 amide bonds. The van der Waals surface area contributed by atoms with E-state index >= 15 is 0 Å². The lowest BCUT2D eigenvalue weighted by Gasteiger charge is -2.34. The number of sulfonamides is 2. The van der Waals surface area contributed by atoms with Crippen molar-refractivity contribution in [2.45, 2.75) is 48.4 Å². The lowest BCUT2D eigenvalue weighted by Crippen LogP contribution is -2.45. The summed E-state index contributed by atoms with van der Waals surface area (Å²) >= 11 is 0. The van der Waals surface area contributed by atoms with E-state index in [-0.39, 0.29) is 28.1 Å². The highest BCUT2D eigenvalue weighted by molar-refractivity contribution is 7.89. The number of piperidine rings is 1. The topological polar surface area (TPSA) is 92.8 Å². The first-order chi connectivity index (χ1) is 14.6. The Hall–Kier alpha value is -2.01. The van der Waals surface area contributed by atoms with Gasteiger partial charge in [-0.3, -0.25) is 0 Å². The van der Waals surface area contributed by atoms with Gasteiger partial charge < -0.3 is 4.74 Å². The van der Waals surface area contributed by atoms with Crippen LogP contribution in [0.3, 0.4) is 0 Å². The Morgan fingerprint density at radius 3 is 2.48 bits per heavy atom. The molecule has 0 radical (unpaired) electrons. The van der Waals surface area contributed by atoms with Gasteiger partial charge in [0, 0.05) is 19.1 Å². The number of ether oxygens (including phenoxy) is 1. The fourth-order valence-electron chi connectivity index (χ4n) is 3.72. The zero-order valence-electron chi connectivity index (χ0n) is 17.5. The van der Waals surface area contributed by atoms with Crippen LogP contribution >= 0.6 is 0 Å². The van der Waals surface area contributed by atoms with Crippen molar-refractivity contribution < 1.29 is 26.0 Å². The van der Waals surface area contributed by atoms with E-state index in [0.717, 1.165) is 30.5 Å². The van der Waals surface area contributed by atoms with Crippen molar-refractivity contribution in [3.8, 4) is 5.75 Å². The van der Waals surface area contributed by atoms with Crippen LogP contribution in [0.1, 0.15) is 31.2 Å². The molecule has 1 saturated heterocycles. The second-order valence-corrected chi connectivity index (χ2v) is 11.2. The summed E-state index contributed by atoms with van der Waals surface area (Å²) in [4.78, 5) is -0.0575. The number of rotatable bonds is 8. The molecule has 1 aliphatic heterocycles. The highest BCUT2D eigenvalue weighted by atomic mass is 32.2. The number of halogens is 1. The number of nitrogens with zero attached hydrogens (tertiary/aromatic N) is 1. The molecular formula is C21H27FN2O5S2. The molecule has 31 heavy (non-hydrogen) atoms. The maximum atomic E-state index is 13.6. The molecule has 0 spiro atoms. The Morgan fingerprint density at radius 2 is 1.81 bits per heavy atom. The molecule has 10 heteroatoms. The third-order valence-corrected chi connectivity index (χ3v) is 8.83. The van der Waals surface area contributed by atoms with Crippen molar-refractivity contribution in [2.24, 2.45) is 0 Å². The average Bonchev–Trinajstić information content (AvgIpc) is 2.74. The third-order valence-electron chi connectivity index (χ3n) is 5.39. The lowest BCUT2D eigenvalue weighted by atomic mass is 10.0. The highest BCUT2D eigenvalue weighted by Crippen LogP contribution is 2.28. The summed E-state index contributed by atoms with van der Waals surface area (Å²) in [6.45, 7) is 2.30. The van der Waals surface area contributed by atoms with Gasteiger partial charge >= 0.3 is 0 Å². The first-order valence-electron chi connectivity index (χ1n) is 10.1. The van der Waals surface area contributed by atoms with Crippen LogP contribution in [0.4, 0.5) is 4.39 Å². The van der Waals surface area contributed by atoms with E-state index in [1.54, 1.807) is 24.3 Å². The molecule has 1 atom stereocenters. The molecule has 1 fully saturated rings. The molecule has 170 valence electrons. The van der Waals surface area contributed by atoms with Crippen LogP contribution in [0, 0.1) is 12.7 Å². The quantitative estimate of drug-likeness (QED) is 0.640. The van der Waals surface area contributed by atoms with Crippen molar-refractivity contribution in [1.29, 1.82) is 0 Å². The summed E-state index contributed by atoms with van der Waals surface area (Å²) in [5.74, 6) is -0.654. The van der Waals surface area contributed by atoms with Crippen LogP contribution in [0.25, 0.3) is 0 Å². The zero-order valence-corrected chi connectivity index (χ0v) is 19.2. The van der Waals surface area contributed by atoms with Gasteiger partial charge in [-0.1, -0.05) is 24.1 Å². The van der Waals surface area contributed by atoms with E-state index in [1.807, 2.05) is 6.92 Å². The minimum Gasteiger partial charge on any atom is -0.495 e. The standard InChI is InChI=1S/C21H27FN2O5S2/c1-16-6-9-19(10-7-16)31(27,28)24-14-4-3-5-18(24)12-13-23-30(25,26)21-15-17(22)8-11-20(21)29-2/h6-11,15,18,23H,3-5,12-14H2,1-2H3. The largest absolute Gasteiger partial charge is 0.495 e. The first kappa shape index (κ1) is 23.6. The minimum atomic E-state index is -4.02. The Balaban J connectivity index is 1.73. The fraction of sp³-hybridized carbons (Fsp3) is 0.429. The van der Waals surface area contributed by atoms with Crippen LogP contribution in [-0.4, -0.2) is 47.4 Å². The van der Waals surface area contributed by atoms with Crippen LogP contribution in [0.2, 0.25) is 0 Å². The van der Waals surface area contributed by atoms with E-state index in [4.69, 9.17) is 4.74 Å². The number of hydrogen-bond acceptors (Lipinski definition) is 5. The summed E-state index contributed by atoms with van der Waals surface area (Å²) in [7, 11) is -6.39. The van der Waals surface area contributed by atoms with Gasteiger partial charge in [-0.05, 0) is 56.5 Å². The smallest absolute Gasteiger partial charge is 0.244 e. The molecule has 2 aromatic rings. The second-order valence-electron chi connectivity index (χ2n) is 7.56. The normalized spacial score (nSPS) is 18.1. The SMILES string of the molecule is COc1ccc(F)cc1S(=O)(=O)NCCC1CCCCN1S(=O)(=O)c1ccc(C)cc1. The minimum absolute atomic E-state index is 0.0204. The van der Waals surface area contributed by atoms with Gasteiger partial charge in [0.2, 0.25) is 20.0 Å².